The first-order chi connectivity index (χ1) is 8.91. The molecule has 0 bridgehead atoms. The van der Waals surface area contributed by atoms with E-state index in [1.807, 2.05) is 20.8 Å². The second kappa shape index (κ2) is 4.76. The van der Waals surface area contributed by atoms with Crippen LogP contribution in [0.15, 0.2) is 24.4 Å². The van der Waals surface area contributed by atoms with E-state index in [-0.39, 0.29) is 17.2 Å². The third-order valence-corrected chi connectivity index (χ3v) is 2.99. The Morgan fingerprint density at radius 1 is 1.37 bits per heavy atom. The molecule has 0 amide bonds. The van der Waals surface area contributed by atoms with Gasteiger partial charge in [0.2, 0.25) is 0 Å². The molecule has 5 heteroatoms. The monoisotopic (exact) mass is 260 g/mol. The molecule has 5 nitrogen and oxygen atoms in total. The van der Waals surface area contributed by atoms with Gasteiger partial charge < -0.3 is 10.2 Å². The number of carbonyl (C=O) groups is 1. The lowest BCUT2D eigenvalue weighted by atomic mass is 10.1. The van der Waals surface area contributed by atoms with E-state index < -0.39 is 5.97 Å². The molecule has 0 aliphatic rings. The minimum atomic E-state index is -0.980. The van der Waals surface area contributed by atoms with Crippen molar-refractivity contribution in [3.8, 4) is 11.4 Å². The van der Waals surface area contributed by atoms with Crippen LogP contribution < -0.4 is 0 Å². The van der Waals surface area contributed by atoms with Crippen molar-refractivity contribution >= 4 is 5.97 Å². The van der Waals surface area contributed by atoms with Gasteiger partial charge in [-0.05, 0) is 36.6 Å². The second-order valence-corrected chi connectivity index (χ2v) is 4.79. The predicted molar refractivity (Wildman–Crippen MR) is 71.0 cm³/mol. The summed E-state index contributed by atoms with van der Waals surface area (Å²) in [5.41, 5.74) is 2.47. The molecule has 0 fully saturated rings. The molecule has 0 aliphatic carbocycles. The van der Waals surface area contributed by atoms with Crippen molar-refractivity contribution in [2.75, 3.05) is 0 Å². The van der Waals surface area contributed by atoms with E-state index in [1.54, 1.807) is 22.9 Å². The Balaban J connectivity index is 2.65. The maximum absolute atomic E-state index is 11.2. The van der Waals surface area contributed by atoms with Crippen molar-refractivity contribution < 1.29 is 15.0 Å². The van der Waals surface area contributed by atoms with Crippen molar-refractivity contribution in [1.29, 1.82) is 0 Å². The summed E-state index contributed by atoms with van der Waals surface area (Å²) in [5.74, 6) is -0.772. The SMILES string of the molecule is Cc1cc(O)ccc1-n1ncc(C(=O)O)c1C(C)C. The van der Waals surface area contributed by atoms with E-state index in [4.69, 9.17) is 0 Å². The maximum atomic E-state index is 11.2. The number of carboxylic acid groups (broad SMARTS) is 1. The number of aromatic hydroxyl groups is 1. The zero-order valence-corrected chi connectivity index (χ0v) is 11.1. The number of carboxylic acids is 1. The van der Waals surface area contributed by atoms with E-state index in [1.165, 1.54) is 6.20 Å². The van der Waals surface area contributed by atoms with Gasteiger partial charge in [0, 0.05) is 0 Å². The minimum absolute atomic E-state index is 0.0294. The van der Waals surface area contributed by atoms with Gasteiger partial charge in [-0.15, -0.1) is 0 Å². The van der Waals surface area contributed by atoms with Crippen LogP contribution in [-0.2, 0) is 0 Å². The molecule has 100 valence electrons. The van der Waals surface area contributed by atoms with Crippen LogP contribution in [0.4, 0.5) is 0 Å². The van der Waals surface area contributed by atoms with Gasteiger partial charge in [0.05, 0.1) is 17.6 Å². The molecule has 1 aromatic heterocycles. The van der Waals surface area contributed by atoms with Gasteiger partial charge in [0.25, 0.3) is 0 Å². The van der Waals surface area contributed by atoms with E-state index in [0.29, 0.717) is 5.69 Å². The Labute approximate surface area is 111 Å². The molecule has 0 saturated carbocycles. The number of aromatic carboxylic acids is 1. The van der Waals surface area contributed by atoms with Crippen molar-refractivity contribution in [3.63, 3.8) is 0 Å². The van der Waals surface area contributed by atoms with E-state index in [2.05, 4.69) is 5.10 Å². The minimum Gasteiger partial charge on any atom is -0.508 e. The number of phenolic OH excluding ortho intramolecular Hbond substituents is 1. The highest BCUT2D eigenvalue weighted by Crippen LogP contribution is 2.26. The van der Waals surface area contributed by atoms with Gasteiger partial charge in [-0.1, -0.05) is 13.8 Å². The third-order valence-electron chi connectivity index (χ3n) is 2.99. The highest BCUT2D eigenvalue weighted by Gasteiger charge is 2.20. The normalized spacial score (nSPS) is 10.9. The second-order valence-electron chi connectivity index (χ2n) is 4.79. The topological polar surface area (TPSA) is 75.3 Å². The molecular weight excluding hydrogens is 244 g/mol. The van der Waals surface area contributed by atoms with Crippen LogP contribution in [0, 0.1) is 6.92 Å². The molecule has 2 aromatic rings. The molecular formula is C14H16N2O3. The first kappa shape index (κ1) is 13.1. The third kappa shape index (κ3) is 2.31. The largest absolute Gasteiger partial charge is 0.508 e. The number of hydrogen-bond acceptors (Lipinski definition) is 3. The fraction of sp³-hybridized carbons (Fsp3) is 0.286. The van der Waals surface area contributed by atoms with Crippen molar-refractivity contribution in [3.05, 3.63) is 41.2 Å². The van der Waals surface area contributed by atoms with Crippen LogP contribution in [-0.4, -0.2) is 26.0 Å². The molecule has 0 spiro atoms. The summed E-state index contributed by atoms with van der Waals surface area (Å²) in [6.45, 7) is 5.70. The standard InChI is InChI=1S/C14H16N2O3/c1-8(2)13-11(14(18)19)7-15-16(13)12-5-4-10(17)6-9(12)3/h4-8,17H,1-3H3,(H,18,19). The number of phenols is 1. The Hall–Kier alpha value is -2.30. The summed E-state index contributed by atoms with van der Waals surface area (Å²) < 4.78 is 1.63. The Morgan fingerprint density at radius 2 is 2.05 bits per heavy atom. The highest BCUT2D eigenvalue weighted by molar-refractivity contribution is 5.89. The number of nitrogens with zero attached hydrogens (tertiary/aromatic N) is 2. The average Bonchev–Trinajstić information content (AvgIpc) is 2.73. The van der Waals surface area contributed by atoms with Crippen LogP contribution in [0.3, 0.4) is 0 Å². The van der Waals surface area contributed by atoms with Crippen molar-refractivity contribution in [2.45, 2.75) is 26.7 Å². The molecule has 19 heavy (non-hydrogen) atoms. The van der Waals surface area contributed by atoms with Gasteiger partial charge in [0.1, 0.15) is 11.3 Å². The molecule has 0 unspecified atom stereocenters. The summed E-state index contributed by atoms with van der Waals surface area (Å²) >= 11 is 0. The first-order valence-electron chi connectivity index (χ1n) is 6.03. The zero-order chi connectivity index (χ0) is 14.2. The van der Waals surface area contributed by atoms with Crippen LogP contribution in [0.2, 0.25) is 0 Å². The van der Waals surface area contributed by atoms with Gasteiger partial charge in [-0.3, -0.25) is 0 Å². The molecule has 1 heterocycles. The maximum Gasteiger partial charge on any atom is 0.339 e. The molecule has 2 N–H and O–H groups in total. The van der Waals surface area contributed by atoms with Crippen molar-refractivity contribution in [2.24, 2.45) is 0 Å². The lowest BCUT2D eigenvalue weighted by molar-refractivity contribution is 0.0695. The van der Waals surface area contributed by atoms with Gasteiger partial charge in [-0.25, -0.2) is 9.48 Å². The van der Waals surface area contributed by atoms with E-state index >= 15 is 0 Å². The molecule has 0 saturated heterocycles. The quantitative estimate of drug-likeness (QED) is 0.889. The van der Waals surface area contributed by atoms with E-state index in [9.17, 15) is 15.0 Å². The Bertz CT molecular complexity index is 630. The summed E-state index contributed by atoms with van der Waals surface area (Å²) in [6, 6.07) is 4.92. The summed E-state index contributed by atoms with van der Waals surface area (Å²) in [5, 5.41) is 22.8. The number of benzene rings is 1. The Morgan fingerprint density at radius 3 is 2.58 bits per heavy atom. The highest BCUT2D eigenvalue weighted by atomic mass is 16.4. The number of hydrogen-bond donors (Lipinski definition) is 2. The first-order valence-corrected chi connectivity index (χ1v) is 6.03. The summed E-state index contributed by atoms with van der Waals surface area (Å²) in [7, 11) is 0. The number of rotatable bonds is 3. The van der Waals surface area contributed by atoms with Gasteiger partial charge in [0.15, 0.2) is 0 Å². The summed E-state index contributed by atoms with van der Waals surface area (Å²) in [6.07, 6.45) is 1.37. The van der Waals surface area contributed by atoms with Crippen LogP contribution in [0.1, 0.15) is 41.4 Å². The lowest BCUT2D eigenvalue weighted by Gasteiger charge is -2.13. The predicted octanol–water partition coefficient (Wildman–Crippen LogP) is 2.71. The fourth-order valence-electron chi connectivity index (χ4n) is 2.15. The molecule has 1 aromatic carbocycles. The lowest BCUT2D eigenvalue weighted by Crippen LogP contribution is -2.09. The van der Waals surface area contributed by atoms with E-state index in [0.717, 1.165) is 11.3 Å². The van der Waals surface area contributed by atoms with Crippen LogP contribution in [0.25, 0.3) is 5.69 Å². The van der Waals surface area contributed by atoms with Crippen molar-refractivity contribution in [1.82, 2.24) is 9.78 Å². The molecule has 2 rings (SSSR count). The van der Waals surface area contributed by atoms with Crippen LogP contribution in [0.5, 0.6) is 5.75 Å². The average molecular weight is 260 g/mol. The molecule has 0 radical (unpaired) electrons. The smallest absolute Gasteiger partial charge is 0.339 e. The van der Waals surface area contributed by atoms with Crippen LogP contribution >= 0.6 is 0 Å². The zero-order valence-electron chi connectivity index (χ0n) is 11.1. The number of aromatic nitrogens is 2. The number of aryl methyl sites for hydroxylation is 1. The Kier molecular flexibility index (Phi) is 3.29. The molecule has 0 atom stereocenters. The fourth-order valence-corrected chi connectivity index (χ4v) is 2.15. The summed E-state index contributed by atoms with van der Waals surface area (Å²) in [4.78, 5) is 11.2. The van der Waals surface area contributed by atoms with Gasteiger partial charge >= 0.3 is 5.97 Å². The van der Waals surface area contributed by atoms with Gasteiger partial charge in [-0.2, -0.15) is 5.10 Å². The molecule has 0 aliphatic heterocycles.